The number of hydrogen-bond donors (Lipinski definition) is 0. The van der Waals surface area contributed by atoms with Crippen LogP contribution in [-0.2, 0) is 14.3 Å². The first kappa shape index (κ1) is 15.9. The maximum Gasteiger partial charge on any atom is 0.267 e. The van der Waals surface area contributed by atoms with Gasteiger partial charge in [0.2, 0.25) is 0 Å². The summed E-state index contributed by atoms with van der Waals surface area (Å²) in [5.74, 6) is 0.0734. The molecule has 0 radical (unpaired) electrons. The highest BCUT2D eigenvalue weighted by molar-refractivity contribution is 7.86. The van der Waals surface area contributed by atoms with Gasteiger partial charge in [-0.15, -0.1) is 0 Å². The fourth-order valence-corrected chi connectivity index (χ4v) is 2.04. The van der Waals surface area contributed by atoms with Gasteiger partial charge in [-0.3, -0.25) is 4.18 Å². The normalized spacial score (nSPS) is 11.9. The summed E-state index contributed by atoms with van der Waals surface area (Å²) in [7, 11) is -3.22. The van der Waals surface area contributed by atoms with Gasteiger partial charge in [-0.05, 0) is 13.3 Å². The fourth-order valence-electron chi connectivity index (χ4n) is 1.51. The first-order valence-corrected chi connectivity index (χ1v) is 8.07. The summed E-state index contributed by atoms with van der Waals surface area (Å²) in [5, 5.41) is 0. The minimum atomic E-state index is -3.22. The van der Waals surface area contributed by atoms with Crippen molar-refractivity contribution in [2.45, 2.75) is 65.2 Å². The minimum Gasteiger partial charge on any atom is -0.270 e. The van der Waals surface area contributed by atoms with Crippen molar-refractivity contribution in [3.8, 4) is 0 Å². The van der Waals surface area contributed by atoms with Crippen molar-refractivity contribution in [1.29, 1.82) is 0 Å². The zero-order valence-electron chi connectivity index (χ0n) is 10.7. The van der Waals surface area contributed by atoms with Gasteiger partial charge in [0, 0.05) is 0 Å². The number of rotatable bonds is 11. The van der Waals surface area contributed by atoms with E-state index in [1.165, 1.54) is 38.5 Å². The highest BCUT2D eigenvalue weighted by Crippen LogP contribution is 2.08. The van der Waals surface area contributed by atoms with Gasteiger partial charge < -0.3 is 0 Å². The maximum atomic E-state index is 11.0. The molecule has 0 aliphatic heterocycles. The molecule has 0 saturated carbocycles. The molecular formula is C12H26O3S. The van der Waals surface area contributed by atoms with E-state index in [9.17, 15) is 8.42 Å². The molecule has 0 unspecified atom stereocenters. The van der Waals surface area contributed by atoms with Crippen molar-refractivity contribution in [3.63, 3.8) is 0 Å². The van der Waals surface area contributed by atoms with Crippen LogP contribution in [-0.4, -0.2) is 20.8 Å². The number of hydrogen-bond acceptors (Lipinski definition) is 3. The predicted molar refractivity (Wildman–Crippen MR) is 68.0 cm³/mol. The lowest BCUT2D eigenvalue weighted by Crippen LogP contribution is -2.09. The van der Waals surface area contributed by atoms with Crippen molar-refractivity contribution in [3.05, 3.63) is 0 Å². The van der Waals surface area contributed by atoms with E-state index in [-0.39, 0.29) is 5.75 Å². The second-order valence-electron chi connectivity index (χ2n) is 4.14. The molecule has 0 fully saturated rings. The van der Waals surface area contributed by atoms with Crippen LogP contribution in [0.1, 0.15) is 65.2 Å². The van der Waals surface area contributed by atoms with Crippen molar-refractivity contribution in [2.75, 3.05) is 12.4 Å². The molecule has 0 bridgehead atoms. The first-order valence-electron chi connectivity index (χ1n) is 6.49. The second kappa shape index (κ2) is 10.1. The molecule has 0 atom stereocenters. The van der Waals surface area contributed by atoms with Gasteiger partial charge in [-0.1, -0.05) is 51.9 Å². The van der Waals surface area contributed by atoms with Crippen LogP contribution in [0.15, 0.2) is 0 Å². The average Bonchev–Trinajstić information content (AvgIpc) is 2.27. The van der Waals surface area contributed by atoms with Gasteiger partial charge in [0.05, 0.1) is 12.4 Å². The molecule has 0 amide bonds. The molecule has 0 aliphatic carbocycles. The molecule has 3 nitrogen and oxygen atoms in total. The third kappa shape index (κ3) is 10.4. The molecular weight excluding hydrogens is 224 g/mol. The molecule has 0 saturated heterocycles. The molecule has 0 spiro atoms. The molecule has 0 aromatic rings. The van der Waals surface area contributed by atoms with Crippen LogP contribution in [0.25, 0.3) is 0 Å². The van der Waals surface area contributed by atoms with E-state index < -0.39 is 10.1 Å². The average molecular weight is 250 g/mol. The van der Waals surface area contributed by atoms with Crippen LogP contribution in [0, 0.1) is 0 Å². The fraction of sp³-hybridized carbons (Fsp3) is 1.00. The highest BCUT2D eigenvalue weighted by Gasteiger charge is 2.05. The Balaban J connectivity index is 3.16. The summed E-state index contributed by atoms with van der Waals surface area (Å²) in [6, 6.07) is 0. The molecule has 0 aliphatic rings. The lowest BCUT2D eigenvalue weighted by atomic mass is 10.1. The van der Waals surface area contributed by atoms with E-state index in [2.05, 4.69) is 6.92 Å². The Morgan fingerprint density at radius 2 is 1.31 bits per heavy atom. The smallest absolute Gasteiger partial charge is 0.267 e. The second-order valence-corrected chi connectivity index (χ2v) is 6.07. The monoisotopic (exact) mass is 250 g/mol. The SMILES string of the molecule is CCCCCCCCCCOS(=O)(=O)CC. The van der Waals surface area contributed by atoms with Gasteiger partial charge in [0.1, 0.15) is 0 Å². The molecule has 0 aromatic carbocycles. The topological polar surface area (TPSA) is 43.4 Å². The summed E-state index contributed by atoms with van der Waals surface area (Å²) in [4.78, 5) is 0. The third-order valence-electron chi connectivity index (χ3n) is 2.61. The van der Waals surface area contributed by atoms with Gasteiger partial charge in [-0.2, -0.15) is 8.42 Å². The molecule has 0 heterocycles. The lowest BCUT2D eigenvalue weighted by Gasteiger charge is -2.03. The van der Waals surface area contributed by atoms with Crippen LogP contribution >= 0.6 is 0 Å². The summed E-state index contributed by atoms with van der Waals surface area (Å²) in [5.41, 5.74) is 0. The van der Waals surface area contributed by atoms with Crippen molar-refractivity contribution >= 4 is 10.1 Å². The number of unbranched alkanes of at least 4 members (excludes halogenated alkanes) is 7. The molecule has 4 heteroatoms. The zero-order chi connectivity index (χ0) is 12.3. The van der Waals surface area contributed by atoms with E-state index in [4.69, 9.17) is 4.18 Å². The van der Waals surface area contributed by atoms with E-state index >= 15 is 0 Å². The van der Waals surface area contributed by atoms with Crippen molar-refractivity contribution in [2.24, 2.45) is 0 Å². The zero-order valence-corrected chi connectivity index (χ0v) is 11.5. The summed E-state index contributed by atoms with van der Waals surface area (Å²) >= 11 is 0. The quantitative estimate of drug-likeness (QED) is 0.416. The van der Waals surface area contributed by atoms with Gasteiger partial charge in [-0.25, -0.2) is 0 Å². The van der Waals surface area contributed by atoms with Crippen molar-refractivity contribution in [1.82, 2.24) is 0 Å². The Kier molecular flexibility index (Phi) is 10.0. The molecule has 0 rings (SSSR count). The Bertz CT molecular complexity index is 235. The third-order valence-corrected chi connectivity index (χ3v) is 3.85. The predicted octanol–water partition coefficient (Wildman–Crippen LogP) is 3.49. The summed E-state index contributed by atoms with van der Waals surface area (Å²) in [6.45, 7) is 4.17. The van der Waals surface area contributed by atoms with E-state index in [0.717, 1.165) is 12.8 Å². The summed E-state index contributed by atoms with van der Waals surface area (Å²) in [6.07, 6.45) is 9.64. The van der Waals surface area contributed by atoms with Crippen LogP contribution in [0.2, 0.25) is 0 Å². The van der Waals surface area contributed by atoms with E-state index in [1.54, 1.807) is 6.92 Å². The van der Waals surface area contributed by atoms with Crippen LogP contribution < -0.4 is 0 Å². The molecule has 16 heavy (non-hydrogen) atoms. The molecule has 0 aromatic heterocycles. The largest absolute Gasteiger partial charge is 0.270 e. The van der Waals surface area contributed by atoms with Crippen LogP contribution in [0.4, 0.5) is 0 Å². The molecule has 98 valence electrons. The van der Waals surface area contributed by atoms with Crippen LogP contribution in [0.3, 0.4) is 0 Å². The minimum absolute atomic E-state index is 0.0734. The highest BCUT2D eigenvalue weighted by atomic mass is 32.2. The Morgan fingerprint density at radius 1 is 0.812 bits per heavy atom. The van der Waals surface area contributed by atoms with Crippen molar-refractivity contribution < 1.29 is 12.6 Å². The Morgan fingerprint density at radius 3 is 1.81 bits per heavy atom. The van der Waals surface area contributed by atoms with Crippen LogP contribution in [0.5, 0.6) is 0 Å². The summed E-state index contributed by atoms with van der Waals surface area (Å²) < 4.78 is 26.8. The van der Waals surface area contributed by atoms with Gasteiger partial charge >= 0.3 is 0 Å². The van der Waals surface area contributed by atoms with Gasteiger partial charge in [0.25, 0.3) is 10.1 Å². The maximum absolute atomic E-state index is 11.0. The van der Waals surface area contributed by atoms with E-state index in [1.807, 2.05) is 0 Å². The lowest BCUT2D eigenvalue weighted by molar-refractivity contribution is 0.307. The Labute approximate surface area is 101 Å². The van der Waals surface area contributed by atoms with Gasteiger partial charge in [0.15, 0.2) is 0 Å². The standard InChI is InChI=1S/C12H26O3S/c1-3-5-6-7-8-9-10-11-12-15-16(13,14)4-2/h3-12H2,1-2H3. The van der Waals surface area contributed by atoms with E-state index in [0.29, 0.717) is 6.61 Å². The Hall–Kier alpha value is -0.0900. The molecule has 0 N–H and O–H groups in total. The first-order chi connectivity index (χ1) is 7.62.